The van der Waals surface area contributed by atoms with Gasteiger partial charge in [-0.1, -0.05) is 64.4 Å². The molecule has 23 heavy (non-hydrogen) atoms. The van der Waals surface area contributed by atoms with Gasteiger partial charge >= 0.3 is 5.97 Å². The molecule has 0 spiro atoms. The van der Waals surface area contributed by atoms with Gasteiger partial charge in [-0.25, -0.2) is 4.79 Å². The Morgan fingerprint density at radius 1 is 1.17 bits per heavy atom. The lowest BCUT2D eigenvalue weighted by atomic mass is 9.64. The second kappa shape index (κ2) is 7.29. The average molecular weight is 316 g/mol. The van der Waals surface area contributed by atoms with Crippen LogP contribution in [0.25, 0.3) is 0 Å². The molecule has 1 aliphatic rings. The van der Waals surface area contributed by atoms with Gasteiger partial charge in [0.2, 0.25) is 5.78 Å². The van der Waals surface area contributed by atoms with E-state index in [1.54, 1.807) is 6.92 Å². The number of hydrogen-bond acceptors (Lipinski definition) is 3. The van der Waals surface area contributed by atoms with Crippen molar-refractivity contribution in [3.8, 4) is 0 Å². The zero-order valence-electron chi connectivity index (χ0n) is 14.7. The smallest absolute Gasteiger partial charge is 0.374 e. The van der Waals surface area contributed by atoms with Gasteiger partial charge in [0, 0.05) is 12.3 Å². The zero-order chi connectivity index (χ0) is 17.0. The van der Waals surface area contributed by atoms with E-state index in [4.69, 9.17) is 4.74 Å². The summed E-state index contributed by atoms with van der Waals surface area (Å²) in [6.07, 6.45) is 3.01. The molecule has 1 saturated carbocycles. The fourth-order valence-electron chi connectivity index (χ4n) is 3.71. The van der Waals surface area contributed by atoms with Crippen molar-refractivity contribution in [2.24, 2.45) is 11.8 Å². The summed E-state index contributed by atoms with van der Waals surface area (Å²) in [6, 6.07) is 10.4. The molecule has 1 aliphatic carbocycles. The van der Waals surface area contributed by atoms with Crippen molar-refractivity contribution in [2.75, 3.05) is 0 Å². The maximum atomic E-state index is 12.0. The molecule has 0 radical (unpaired) electrons. The first-order valence-corrected chi connectivity index (χ1v) is 8.65. The molecule has 0 heterocycles. The Hall–Kier alpha value is -1.64. The van der Waals surface area contributed by atoms with Crippen molar-refractivity contribution in [2.45, 2.75) is 64.9 Å². The van der Waals surface area contributed by atoms with Crippen LogP contribution in [0.2, 0.25) is 0 Å². The lowest BCUT2D eigenvalue weighted by Gasteiger charge is -2.43. The van der Waals surface area contributed by atoms with Crippen molar-refractivity contribution in [3.63, 3.8) is 0 Å². The first-order chi connectivity index (χ1) is 10.9. The lowest BCUT2D eigenvalue weighted by molar-refractivity contribution is -0.163. The Labute approximate surface area is 139 Å². The van der Waals surface area contributed by atoms with Crippen LogP contribution in [0.3, 0.4) is 0 Å². The summed E-state index contributed by atoms with van der Waals surface area (Å²) in [7, 11) is 0. The summed E-state index contributed by atoms with van der Waals surface area (Å²) >= 11 is 0. The largest absolute Gasteiger partial charge is 0.456 e. The molecule has 0 bridgehead atoms. The molecular formula is C20H28O3. The highest BCUT2D eigenvalue weighted by Gasteiger charge is 2.42. The van der Waals surface area contributed by atoms with Crippen LogP contribution in [0.4, 0.5) is 0 Å². The Bertz CT molecular complexity index is 547. The quantitative estimate of drug-likeness (QED) is 0.601. The Morgan fingerprint density at radius 2 is 1.83 bits per heavy atom. The van der Waals surface area contributed by atoms with Crippen LogP contribution in [-0.4, -0.2) is 17.9 Å². The second-order valence-corrected chi connectivity index (χ2v) is 7.33. The molecule has 0 aromatic heterocycles. The SMILES string of the molecule is CCC(=O)C(=O)O[C@@H]1C[C@H](C)CC[C@H]1C(C)(C)c1ccccc1. The van der Waals surface area contributed by atoms with E-state index in [9.17, 15) is 9.59 Å². The van der Waals surface area contributed by atoms with Gasteiger partial charge in [-0.2, -0.15) is 0 Å². The molecule has 0 aliphatic heterocycles. The van der Waals surface area contributed by atoms with E-state index in [0.717, 1.165) is 19.3 Å². The first-order valence-electron chi connectivity index (χ1n) is 8.65. The summed E-state index contributed by atoms with van der Waals surface area (Å²) < 4.78 is 5.65. The zero-order valence-corrected chi connectivity index (χ0v) is 14.7. The highest BCUT2D eigenvalue weighted by Crippen LogP contribution is 2.43. The van der Waals surface area contributed by atoms with Crippen LogP contribution in [-0.2, 0) is 19.7 Å². The third kappa shape index (κ3) is 4.01. The lowest BCUT2D eigenvalue weighted by Crippen LogP contribution is -2.44. The Kier molecular flexibility index (Phi) is 5.61. The summed E-state index contributed by atoms with van der Waals surface area (Å²) in [4.78, 5) is 23.6. The van der Waals surface area contributed by atoms with Gasteiger partial charge in [0.05, 0.1) is 0 Å². The monoisotopic (exact) mass is 316 g/mol. The van der Waals surface area contributed by atoms with E-state index in [-0.39, 0.29) is 23.9 Å². The molecule has 3 nitrogen and oxygen atoms in total. The third-order valence-electron chi connectivity index (χ3n) is 5.31. The van der Waals surface area contributed by atoms with Crippen LogP contribution in [0.5, 0.6) is 0 Å². The minimum atomic E-state index is -0.666. The summed E-state index contributed by atoms with van der Waals surface area (Å²) in [5.41, 5.74) is 1.16. The molecule has 0 amide bonds. The summed E-state index contributed by atoms with van der Waals surface area (Å²) in [5.74, 6) is -0.345. The number of benzene rings is 1. The molecule has 126 valence electrons. The minimum Gasteiger partial charge on any atom is -0.456 e. The van der Waals surface area contributed by atoms with E-state index in [2.05, 4.69) is 32.9 Å². The predicted molar refractivity (Wildman–Crippen MR) is 91.2 cm³/mol. The van der Waals surface area contributed by atoms with Crippen LogP contribution < -0.4 is 0 Å². The second-order valence-electron chi connectivity index (χ2n) is 7.33. The van der Waals surface area contributed by atoms with Crippen molar-refractivity contribution in [3.05, 3.63) is 35.9 Å². The molecule has 0 N–H and O–H groups in total. The number of carbonyl (C=O) groups excluding carboxylic acids is 2. The van der Waals surface area contributed by atoms with Crippen molar-refractivity contribution >= 4 is 11.8 Å². The maximum absolute atomic E-state index is 12.0. The van der Waals surface area contributed by atoms with Crippen LogP contribution in [0.1, 0.15) is 58.9 Å². The van der Waals surface area contributed by atoms with Gasteiger partial charge in [-0.15, -0.1) is 0 Å². The Morgan fingerprint density at radius 3 is 2.43 bits per heavy atom. The average Bonchev–Trinajstić information content (AvgIpc) is 2.54. The summed E-state index contributed by atoms with van der Waals surface area (Å²) in [6.45, 7) is 8.31. The van der Waals surface area contributed by atoms with Crippen LogP contribution in [0.15, 0.2) is 30.3 Å². The van der Waals surface area contributed by atoms with Gasteiger partial charge in [0.25, 0.3) is 0 Å². The molecule has 2 rings (SSSR count). The van der Waals surface area contributed by atoms with Gasteiger partial charge in [0.15, 0.2) is 0 Å². The highest BCUT2D eigenvalue weighted by atomic mass is 16.5. The minimum absolute atomic E-state index is 0.0956. The van der Waals surface area contributed by atoms with Gasteiger partial charge in [-0.3, -0.25) is 4.79 Å². The van der Waals surface area contributed by atoms with E-state index in [1.807, 2.05) is 18.2 Å². The topological polar surface area (TPSA) is 43.4 Å². The molecule has 1 fully saturated rings. The Balaban J connectivity index is 2.23. The van der Waals surface area contributed by atoms with E-state index in [1.165, 1.54) is 5.56 Å². The fourth-order valence-corrected chi connectivity index (χ4v) is 3.71. The normalized spacial score (nSPS) is 25.0. The van der Waals surface area contributed by atoms with Crippen molar-refractivity contribution in [1.29, 1.82) is 0 Å². The number of Topliss-reactive ketones (excluding diaryl/α,β-unsaturated/α-hetero) is 1. The molecule has 3 atom stereocenters. The third-order valence-corrected chi connectivity index (χ3v) is 5.31. The predicted octanol–water partition coefficient (Wildman–Crippen LogP) is 4.29. The van der Waals surface area contributed by atoms with Crippen molar-refractivity contribution < 1.29 is 14.3 Å². The number of rotatable bonds is 5. The molecule has 1 aromatic carbocycles. The first kappa shape index (κ1) is 17.7. The van der Waals surface area contributed by atoms with Crippen molar-refractivity contribution in [1.82, 2.24) is 0 Å². The fraction of sp³-hybridized carbons (Fsp3) is 0.600. The molecule has 1 aromatic rings. The number of ether oxygens (including phenoxy) is 1. The maximum Gasteiger partial charge on any atom is 0.374 e. The van der Waals surface area contributed by atoms with E-state index < -0.39 is 11.8 Å². The van der Waals surface area contributed by atoms with Gasteiger partial charge < -0.3 is 4.74 Å². The van der Waals surface area contributed by atoms with Crippen LogP contribution >= 0.6 is 0 Å². The number of hydrogen-bond donors (Lipinski definition) is 0. The van der Waals surface area contributed by atoms with Gasteiger partial charge in [-0.05, 0) is 29.7 Å². The van der Waals surface area contributed by atoms with Crippen LogP contribution in [0, 0.1) is 11.8 Å². The molecular weight excluding hydrogens is 288 g/mol. The summed E-state index contributed by atoms with van der Waals surface area (Å²) in [5, 5.41) is 0. The number of esters is 1. The molecule has 3 heteroatoms. The number of ketones is 1. The van der Waals surface area contributed by atoms with E-state index >= 15 is 0 Å². The molecule has 0 saturated heterocycles. The standard InChI is InChI=1S/C20H28O3/c1-5-17(21)19(22)23-18-13-14(2)11-12-16(18)20(3,4)15-9-7-6-8-10-15/h6-10,14,16,18H,5,11-13H2,1-4H3/t14-,16-,18-/m1/s1. The molecule has 0 unspecified atom stereocenters. The van der Waals surface area contributed by atoms with Gasteiger partial charge in [0.1, 0.15) is 6.10 Å². The highest BCUT2D eigenvalue weighted by molar-refractivity contribution is 6.33. The number of carbonyl (C=O) groups is 2. The van der Waals surface area contributed by atoms with E-state index in [0.29, 0.717) is 5.92 Å².